The van der Waals surface area contributed by atoms with Gasteiger partial charge < -0.3 is 10.1 Å². The summed E-state index contributed by atoms with van der Waals surface area (Å²) >= 11 is 1.81. The van der Waals surface area contributed by atoms with E-state index in [0.717, 1.165) is 47.0 Å². The topological polar surface area (TPSA) is 59.4 Å². The molecule has 0 saturated carbocycles. The van der Waals surface area contributed by atoms with Crippen molar-refractivity contribution in [2.75, 3.05) is 12.4 Å². The molecule has 3 aromatic rings. The Labute approximate surface area is 149 Å². The minimum atomic E-state index is 0.724. The van der Waals surface area contributed by atoms with Crippen molar-refractivity contribution in [2.24, 2.45) is 4.99 Å². The molecule has 2 aromatic heterocycles. The van der Waals surface area contributed by atoms with E-state index in [1.807, 2.05) is 17.6 Å². The monoisotopic (exact) mass is 350 g/mol. The molecule has 1 aromatic carbocycles. The number of aryl methyl sites for hydroxylation is 2. The number of nitrogens with zero attached hydrogens (tertiary/aromatic N) is 3. The maximum Gasteiger partial charge on any atom is 0.142 e. The van der Waals surface area contributed by atoms with Gasteiger partial charge in [0.05, 0.1) is 24.7 Å². The first-order valence-corrected chi connectivity index (χ1v) is 9.38. The molecular weight excluding hydrogens is 332 g/mol. The van der Waals surface area contributed by atoms with E-state index in [9.17, 15) is 0 Å². The van der Waals surface area contributed by atoms with Crippen LogP contribution in [0.5, 0.6) is 5.75 Å². The molecule has 0 saturated heterocycles. The molecule has 5 nitrogen and oxygen atoms in total. The Morgan fingerprint density at radius 3 is 3.00 bits per heavy atom. The summed E-state index contributed by atoms with van der Waals surface area (Å²) in [4.78, 5) is 15.9. The SMILES string of the molecule is COc1cc2c(cc1Nc1ncnc3sc4c(c13)CCCC4)C=NC2. The molecule has 0 fully saturated rings. The van der Waals surface area contributed by atoms with Crippen molar-refractivity contribution in [3.63, 3.8) is 0 Å². The van der Waals surface area contributed by atoms with Gasteiger partial charge in [-0.2, -0.15) is 0 Å². The number of fused-ring (bicyclic) bond motifs is 4. The van der Waals surface area contributed by atoms with Crippen molar-refractivity contribution < 1.29 is 4.74 Å². The van der Waals surface area contributed by atoms with Crippen LogP contribution in [0.2, 0.25) is 0 Å². The van der Waals surface area contributed by atoms with E-state index in [2.05, 4.69) is 32.4 Å². The molecule has 126 valence electrons. The van der Waals surface area contributed by atoms with Gasteiger partial charge in [0, 0.05) is 11.1 Å². The van der Waals surface area contributed by atoms with Crippen LogP contribution in [0.15, 0.2) is 23.5 Å². The Hall–Kier alpha value is -2.47. The molecule has 0 bridgehead atoms. The number of anilines is 2. The number of benzene rings is 1. The fourth-order valence-corrected chi connectivity index (χ4v) is 4.95. The lowest BCUT2D eigenvalue weighted by atomic mass is 9.97. The summed E-state index contributed by atoms with van der Waals surface area (Å²) in [7, 11) is 1.70. The van der Waals surface area contributed by atoms with E-state index in [4.69, 9.17) is 4.74 Å². The smallest absolute Gasteiger partial charge is 0.142 e. The standard InChI is InChI=1S/C19H18N4OS/c1-24-15-7-12-9-20-8-11(12)6-14(15)23-18-17-13-4-2-3-5-16(13)25-19(17)22-10-21-18/h6-8,10H,2-5,9H2,1H3,(H,21,22,23). The van der Waals surface area contributed by atoms with Crippen LogP contribution in [0.4, 0.5) is 11.5 Å². The second kappa shape index (κ2) is 5.81. The van der Waals surface area contributed by atoms with Crippen molar-refractivity contribution >= 4 is 39.3 Å². The maximum absolute atomic E-state index is 5.59. The summed E-state index contributed by atoms with van der Waals surface area (Å²) in [6.45, 7) is 0.724. The third-order valence-corrected chi connectivity index (χ3v) is 6.16. The third-order valence-electron chi connectivity index (χ3n) is 4.96. The Morgan fingerprint density at radius 1 is 1.16 bits per heavy atom. The predicted octanol–water partition coefficient (Wildman–Crippen LogP) is 4.25. The van der Waals surface area contributed by atoms with Crippen molar-refractivity contribution in [2.45, 2.75) is 32.2 Å². The van der Waals surface area contributed by atoms with E-state index in [0.29, 0.717) is 0 Å². The highest BCUT2D eigenvalue weighted by molar-refractivity contribution is 7.19. The number of hydrogen-bond acceptors (Lipinski definition) is 6. The summed E-state index contributed by atoms with van der Waals surface area (Å²) < 4.78 is 5.59. The van der Waals surface area contributed by atoms with E-state index >= 15 is 0 Å². The number of thiophene rings is 1. The molecule has 1 aliphatic carbocycles. The normalized spacial score (nSPS) is 15.2. The quantitative estimate of drug-likeness (QED) is 0.767. The lowest BCUT2D eigenvalue weighted by Gasteiger charge is -2.15. The van der Waals surface area contributed by atoms with Crippen molar-refractivity contribution in [1.82, 2.24) is 9.97 Å². The molecule has 0 unspecified atom stereocenters. The molecule has 3 heterocycles. The van der Waals surface area contributed by atoms with Gasteiger partial charge in [0.15, 0.2) is 0 Å². The van der Waals surface area contributed by atoms with Gasteiger partial charge in [-0.15, -0.1) is 11.3 Å². The first-order valence-electron chi connectivity index (χ1n) is 8.56. The number of rotatable bonds is 3. The fourth-order valence-electron chi connectivity index (χ4n) is 3.72. The van der Waals surface area contributed by atoms with Gasteiger partial charge in [-0.05, 0) is 54.5 Å². The van der Waals surface area contributed by atoms with E-state index in [1.165, 1.54) is 34.2 Å². The summed E-state index contributed by atoms with van der Waals surface area (Å²) in [5.74, 6) is 1.69. The van der Waals surface area contributed by atoms with Gasteiger partial charge >= 0.3 is 0 Å². The highest BCUT2D eigenvalue weighted by atomic mass is 32.1. The van der Waals surface area contributed by atoms with Gasteiger partial charge in [0.1, 0.15) is 22.7 Å². The van der Waals surface area contributed by atoms with Gasteiger partial charge in [-0.25, -0.2) is 9.97 Å². The number of aromatic nitrogens is 2. The number of methoxy groups -OCH3 is 1. The maximum atomic E-state index is 5.59. The second-order valence-corrected chi connectivity index (χ2v) is 7.54. The highest BCUT2D eigenvalue weighted by Crippen LogP contribution is 2.40. The van der Waals surface area contributed by atoms with Crippen molar-refractivity contribution in [1.29, 1.82) is 0 Å². The Balaban J connectivity index is 1.63. The van der Waals surface area contributed by atoms with Crippen LogP contribution >= 0.6 is 11.3 Å². The predicted molar refractivity (Wildman–Crippen MR) is 102 cm³/mol. The second-order valence-electron chi connectivity index (χ2n) is 6.46. The summed E-state index contributed by atoms with van der Waals surface area (Å²) in [5, 5.41) is 4.68. The van der Waals surface area contributed by atoms with Crippen LogP contribution in [0.3, 0.4) is 0 Å². The van der Waals surface area contributed by atoms with Crippen LogP contribution < -0.4 is 10.1 Å². The molecule has 1 N–H and O–H groups in total. The molecular formula is C19H18N4OS. The van der Waals surface area contributed by atoms with Crippen LogP contribution in [0, 0.1) is 0 Å². The first kappa shape index (κ1) is 14.8. The summed E-state index contributed by atoms with van der Waals surface area (Å²) in [5.41, 5.74) is 4.69. The molecule has 5 rings (SSSR count). The minimum Gasteiger partial charge on any atom is -0.495 e. The van der Waals surface area contributed by atoms with Gasteiger partial charge in [-0.3, -0.25) is 4.99 Å². The average molecular weight is 350 g/mol. The van der Waals surface area contributed by atoms with Gasteiger partial charge in [0.2, 0.25) is 0 Å². The summed E-state index contributed by atoms with van der Waals surface area (Å²) in [6.07, 6.45) is 8.36. The highest BCUT2D eigenvalue weighted by Gasteiger charge is 2.21. The van der Waals surface area contributed by atoms with E-state index < -0.39 is 0 Å². The van der Waals surface area contributed by atoms with E-state index in [-0.39, 0.29) is 0 Å². The summed E-state index contributed by atoms with van der Waals surface area (Å²) in [6, 6.07) is 4.16. The van der Waals surface area contributed by atoms with Crippen LogP contribution in [-0.2, 0) is 19.4 Å². The van der Waals surface area contributed by atoms with Crippen molar-refractivity contribution in [3.8, 4) is 5.75 Å². The number of aliphatic imine (C=N–C) groups is 1. The lowest BCUT2D eigenvalue weighted by molar-refractivity contribution is 0.416. The van der Waals surface area contributed by atoms with Crippen LogP contribution in [0.25, 0.3) is 10.2 Å². The number of hydrogen-bond donors (Lipinski definition) is 1. The Morgan fingerprint density at radius 2 is 2.08 bits per heavy atom. The Bertz CT molecular complexity index is 1010. The van der Waals surface area contributed by atoms with E-state index in [1.54, 1.807) is 13.4 Å². The van der Waals surface area contributed by atoms with Crippen molar-refractivity contribution in [3.05, 3.63) is 40.0 Å². The van der Waals surface area contributed by atoms with Crippen LogP contribution in [0.1, 0.15) is 34.4 Å². The molecule has 1 aliphatic heterocycles. The first-order chi connectivity index (χ1) is 12.3. The molecule has 0 atom stereocenters. The third kappa shape index (κ3) is 2.40. The largest absolute Gasteiger partial charge is 0.495 e. The molecule has 0 amide bonds. The zero-order valence-corrected chi connectivity index (χ0v) is 14.8. The van der Waals surface area contributed by atoms with Gasteiger partial charge in [0.25, 0.3) is 0 Å². The molecule has 0 radical (unpaired) electrons. The Kier molecular flexibility index (Phi) is 3.45. The minimum absolute atomic E-state index is 0.724. The zero-order chi connectivity index (χ0) is 16.8. The van der Waals surface area contributed by atoms with Gasteiger partial charge in [-0.1, -0.05) is 0 Å². The van der Waals surface area contributed by atoms with Crippen LogP contribution in [-0.4, -0.2) is 23.3 Å². The molecule has 6 heteroatoms. The zero-order valence-electron chi connectivity index (χ0n) is 14.0. The molecule has 2 aliphatic rings. The molecule has 0 spiro atoms. The fraction of sp³-hybridized carbons (Fsp3) is 0.316. The molecule has 25 heavy (non-hydrogen) atoms. The average Bonchev–Trinajstić information content (AvgIpc) is 3.24. The lowest BCUT2D eigenvalue weighted by Crippen LogP contribution is -2.02. The number of ether oxygens (including phenoxy) is 1. The number of nitrogens with one attached hydrogen (secondary N) is 1.